The summed E-state index contributed by atoms with van der Waals surface area (Å²) >= 11 is 1.15. The number of hydrogen-bond acceptors (Lipinski definition) is 5. The molecule has 178 valence electrons. The standard InChI is InChI=1S/C24H27F2N3O2S.ClH/c1-16-4-5-18(17(2)12-16)13-22(30)29(7-3-6-28-8-10-31-11-9-28)24-27-23-20(26)14-19(25)15-21(23)32-24;/h4-5,12,14-15H,3,6-11,13H2,1-2H3;1H. The zero-order chi connectivity index (χ0) is 22.7. The van der Waals surface area contributed by atoms with Crippen molar-refractivity contribution in [3.63, 3.8) is 0 Å². The number of carbonyl (C=O) groups is 1. The van der Waals surface area contributed by atoms with Gasteiger partial charge in [0.15, 0.2) is 10.9 Å². The smallest absolute Gasteiger partial charge is 0.233 e. The number of benzene rings is 2. The lowest BCUT2D eigenvalue weighted by Crippen LogP contribution is -2.39. The van der Waals surface area contributed by atoms with Crippen molar-refractivity contribution in [2.75, 3.05) is 44.3 Å². The van der Waals surface area contributed by atoms with Gasteiger partial charge in [-0.1, -0.05) is 35.1 Å². The molecule has 0 saturated carbocycles. The Balaban J connectivity index is 0.00000306. The minimum Gasteiger partial charge on any atom is -0.379 e. The van der Waals surface area contributed by atoms with Crippen molar-refractivity contribution in [2.45, 2.75) is 26.7 Å². The first-order valence-electron chi connectivity index (χ1n) is 10.8. The fraction of sp³-hybridized carbons (Fsp3) is 0.417. The molecule has 3 aromatic rings. The molecule has 0 spiro atoms. The van der Waals surface area contributed by atoms with Crippen LogP contribution in [0.25, 0.3) is 10.2 Å². The lowest BCUT2D eigenvalue weighted by molar-refractivity contribution is -0.118. The second-order valence-electron chi connectivity index (χ2n) is 8.19. The summed E-state index contributed by atoms with van der Waals surface area (Å²) in [6.07, 6.45) is 0.988. The van der Waals surface area contributed by atoms with Crippen LogP contribution < -0.4 is 4.90 Å². The molecule has 2 aromatic carbocycles. The predicted octanol–water partition coefficient (Wildman–Crippen LogP) is 4.91. The van der Waals surface area contributed by atoms with E-state index in [0.29, 0.717) is 16.4 Å². The first kappa shape index (κ1) is 25.5. The molecule has 0 aliphatic carbocycles. The molecule has 1 aliphatic heterocycles. The van der Waals surface area contributed by atoms with Crippen LogP contribution in [0.4, 0.5) is 13.9 Å². The van der Waals surface area contributed by atoms with Gasteiger partial charge >= 0.3 is 0 Å². The van der Waals surface area contributed by atoms with Crippen molar-refractivity contribution < 1.29 is 18.3 Å². The molecule has 1 amide bonds. The Kier molecular flexibility index (Phi) is 8.75. The molecule has 0 atom stereocenters. The molecule has 0 radical (unpaired) electrons. The van der Waals surface area contributed by atoms with E-state index < -0.39 is 11.6 Å². The number of rotatable bonds is 7. The van der Waals surface area contributed by atoms with Gasteiger partial charge in [-0.25, -0.2) is 13.8 Å². The van der Waals surface area contributed by atoms with Gasteiger partial charge in [-0.2, -0.15) is 0 Å². The first-order valence-corrected chi connectivity index (χ1v) is 11.6. The number of aryl methyl sites for hydroxylation is 2. The quantitative estimate of drug-likeness (QED) is 0.467. The molecule has 4 rings (SSSR count). The normalized spacial score (nSPS) is 14.3. The summed E-state index contributed by atoms with van der Waals surface area (Å²) in [5.41, 5.74) is 3.26. The molecular formula is C24H28ClF2N3O2S. The van der Waals surface area contributed by atoms with E-state index in [2.05, 4.69) is 16.0 Å². The van der Waals surface area contributed by atoms with Gasteiger partial charge < -0.3 is 4.74 Å². The third kappa shape index (κ3) is 6.26. The van der Waals surface area contributed by atoms with E-state index in [9.17, 15) is 13.6 Å². The highest BCUT2D eigenvalue weighted by Gasteiger charge is 2.22. The van der Waals surface area contributed by atoms with E-state index in [-0.39, 0.29) is 30.3 Å². The Morgan fingerprint density at radius 3 is 2.67 bits per heavy atom. The highest BCUT2D eigenvalue weighted by atomic mass is 35.5. The number of hydrogen-bond donors (Lipinski definition) is 0. The first-order chi connectivity index (χ1) is 15.4. The largest absolute Gasteiger partial charge is 0.379 e. The van der Waals surface area contributed by atoms with Crippen molar-refractivity contribution in [3.05, 3.63) is 58.7 Å². The van der Waals surface area contributed by atoms with Crippen LogP contribution in [-0.4, -0.2) is 55.2 Å². The summed E-state index contributed by atoms with van der Waals surface area (Å²) < 4.78 is 33.7. The number of anilines is 1. The van der Waals surface area contributed by atoms with Crippen LogP contribution in [0.5, 0.6) is 0 Å². The monoisotopic (exact) mass is 495 g/mol. The molecular weight excluding hydrogens is 468 g/mol. The number of carbonyl (C=O) groups excluding carboxylic acids is 1. The van der Waals surface area contributed by atoms with Crippen molar-refractivity contribution >= 4 is 45.0 Å². The van der Waals surface area contributed by atoms with Crippen LogP contribution in [0.3, 0.4) is 0 Å². The molecule has 9 heteroatoms. The second-order valence-corrected chi connectivity index (χ2v) is 9.20. The van der Waals surface area contributed by atoms with Crippen LogP contribution >= 0.6 is 23.7 Å². The summed E-state index contributed by atoms with van der Waals surface area (Å²) in [5, 5.41) is 0.404. The maximum atomic E-state index is 14.2. The van der Waals surface area contributed by atoms with E-state index in [1.165, 1.54) is 6.07 Å². The Labute approximate surface area is 202 Å². The molecule has 5 nitrogen and oxygen atoms in total. The number of thiazole rings is 1. The zero-order valence-electron chi connectivity index (χ0n) is 18.8. The summed E-state index contributed by atoms with van der Waals surface area (Å²) in [4.78, 5) is 21.7. The summed E-state index contributed by atoms with van der Waals surface area (Å²) in [5.74, 6) is -1.46. The van der Waals surface area contributed by atoms with Crippen molar-refractivity contribution in [1.82, 2.24) is 9.88 Å². The van der Waals surface area contributed by atoms with Gasteiger partial charge in [-0.3, -0.25) is 14.6 Å². The Bertz CT molecular complexity index is 1120. The van der Waals surface area contributed by atoms with E-state index >= 15 is 0 Å². The van der Waals surface area contributed by atoms with Gasteiger partial charge in [0.1, 0.15) is 11.3 Å². The van der Waals surface area contributed by atoms with Crippen LogP contribution in [-0.2, 0) is 16.0 Å². The number of ether oxygens (including phenoxy) is 1. The summed E-state index contributed by atoms with van der Waals surface area (Å²) in [7, 11) is 0. The number of nitrogens with zero attached hydrogens (tertiary/aromatic N) is 3. The summed E-state index contributed by atoms with van der Waals surface area (Å²) in [6.45, 7) is 8.51. The van der Waals surface area contributed by atoms with Gasteiger partial charge in [0.25, 0.3) is 0 Å². The minimum atomic E-state index is -0.711. The van der Waals surface area contributed by atoms with Gasteiger partial charge in [-0.15, -0.1) is 12.4 Å². The Morgan fingerprint density at radius 1 is 1.18 bits per heavy atom. The molecule has 1 fully saturated rings. The fourth-order valence-corrected chi connectivity index (χ4v) is 5.02. The number of fused-ring (bicyclic) bond motifs is 1. The number of aromatic nitrogens is 1. The van der Waals surface area contributed by atoms with E-state index in [1.54, 1.807) is 4.90 Å². The van der Waals surface area contributed by atoms with Crippen molar-refractivity contribution in [1.29, 1.82) is 0 Å². The second kappa shape index (κ2) is 11.3. The molecule has 0 N–H and O–H groups in total. The molecule has 1 saturated heterocycles. The van der Waals surface area contributed by atoms with Crippen LogP contribution in [0.15, 0.2) is 30.3 Å². The van der Waals surface area contributed by atoms with Crippen LogP contribution in [0.1, 0.15) is 23.1 Å². The summed E-state index contributed by atoms with van der Waals surface area (Å²) in [6, 6.07) is 8.11. The van der Waals surface area contributed by atoms with Gasteiger partial charge in [0.05, 0.1) is 24.3 Å². The number of halogens is 3. The average molecular weight is 496 g/mol. The van der Waals surface area contributed by atoms with E-state index in [0.717, 1.165) is 73.4 Å². The Morgan fingerprint density at radius 2 is 1.94 bits per heavy atom. The SMILES string of the molecule is Cc1ccc(CC(=O)N(CCCN2CCOCC2)c2nc3c(F)cc(F)cc3s2)c(C)c1.Cl. The lowest BCUT2D eigenvalue weighted by Gasteiger charge is -2.27. The average Bonchev–Trinajstić information content (AvgIpc) is 3.18. The Hall–Kier alpha value is -2.13. The highest BCUT2D eigenvalue weighted by Crippen LogP contribution is 2.32. The lowest BCUT2D eigenvalue weighted by atomic mass is 10.0. The maximum absolute atomic E-state index is 14.2. The molecule has 1 aliphatic rings. The van der Waals surface area contributed by atoms with E-state index in [1.807, 2.05) is 26.0 Å². The highest BCUT2D eigenvalue weighted by molar-refractivity contribution is 7.22. The molecule has 0 unspecified atom stereocenters. The molecule has 1 aromatic heterocycles. The van der Waals surface area contributed by atoms with Gasteiger partial charge in [-0.05, 0) is 37.5 Å². The number of amides is 1. The van der Waals surface area contributed by atoms with Crippen molar-refractivity contribution in [3.8, 4) is 0 Å². The number of morpholine rings is 1. The van der Waals surface area contributed by atoms with Gasteiger partial charge in [0.2, 0.25) is 5.91 Å². The molecule has 33 heavy (non-hydrogen) atoms. The van der Waals surface area contributed by atoms with Gasteiger partial charge in [0, 0.05) is 32.2 Å². The molecule has 2 heterocycles. The third-order valence-electron chi connectivity index (χ3n) is 5.73. The van der Waals surface area contributed by atoms with Crippen LogP contribution in [0, 0.1) is 25.5 Å². The zero-order valence-corrected chi connectivity index (χ0v) is 20.4. The third-order valence-corrected chi connectivity index (χ3v) is 6.76. The van der Waals surface area contributed by atoms with E-state index in [4.69, 9.17) is 4.74 Å². The predicted molar refractivity (Wildman–Crippen MR) is 131 cm³/mol. The maximum Gasteiger partial charge on any atom is 0.233 e. The molecule has 0 bridgehead atoms. The topological polar surface area (TPSA) is 45.7 Å². The fourth-order valence-electron chi connectivity index (χ4n) is 3.97. The van der Waals surface area contributed by atoms with Crippen LogP contribution in [0.2, 0.25) is 0 Å². The van der Waals surface area contributed by atoms with Crippen molar-refractivity contribution in [2.24, 2.45) is 0 Å². The minimum absolute atomic E-state index is 0.